The fourth-order valence-corrected chi connectivity index (χ4v) is 2.87. The van der Waals surface area contributed by atoms with Crippen molar-refractivity contribution >= 4 is 33.9 Å². The van der Waals surface area contributed by atoms with Crippen LogP contribution in [0.25, 0.3) is 11.0 Å². The van der Waals surface area contributed by atoms with E-state index >= 15 is 0 Å². The van der Waals surface area contributed by atoms with Gasteiger partial charge in [-0.05, 0) is 25.1 Å². The summed E-state index contributed by atoms with van der Waals surface area (Å²) in [6, 6.07) is 7.82. The number of nitrogens with zero attached hydrogens (tertiary/aromatic N) is 3. The summed E-state index contributed by atoms with van der Waals surface area (Å²) in [5.74, 6) is 1.76. The number of benzene rings is 1. The number of thiocarbonyl (C=S) groups is 1. The molecule has 2 heterocycles. The third-order valence-electron chi connectivity index (χ3n) is 3.82. The largest absolute Gasteiger partial charge is 0.496 e. The first-order valence-electron chi connectivity index (χ1n) is 7.29. The molecule has 23 heavy (non-hydrogen) atoms. The molecule has 0 aliphatic rings. The van der Waals surface area contributed by atoms with Crippen LogP contribution in [0.5, 0.6) is 5.75 Å². The van der Waals surface area contributed by atoms with Crippen molar-refractivity contribution < 1.29 is 4.74 Å². The van der Waals surface area contributed by atoms with Crippen LogP contribution in [0.1, 0.15) is 11.4 Å². The lowest BCUT2D eigenvalue weighted by molar-refractivity contribution is 0.410. The average Bonchev–Trinajstić information content (AvgIpc) is 2.83. The molecule has 5 nitrogen and oxygen atoms in total. The molecule has 3 rings (SSSR count). The summed E-state index contributed by atoms with van der Waals surface area (Å²) in [5.41, 5.74) is 3.92. The minimum absolute atomic E-state index is 0.569. The summed E-state index contributed by atoms with van der Waals surface area (Å²) < 4.78 is 7.41. The second kappa shape index (κ2) is 6.34. The van der Waals surface area contributed by atoms with Crippen molar-refractivity contribution in [1.29, 1.82) is 0 Å². The fourth-order valence-electron chi connectivity index (χ4n) is 2.60. The van der Waals surface area contributed by atoms with E-state index in [2.05, 4.69) is 19.9 Å². The van der Waals surface area contributed by atoms with Gasteiger partial charge in [0.25, 0.3) is 0 Å². The Balaban J connectivity index is 1.86. The molecule has 0 saturated carbocycles. The molecule has 6 heteroatoms. The minimum atomic E-state index is 0.569. The maximum atomic E-state index is 5.51. The number of pyridine rings is 1. The van der Waals surface area contributed by atoms with E-state index in [0.29, 0.717) is 11.4 Å². The van der Waals surface area contributed by atoms with Gasteiger partial charge in [-0.2, -0.15) is 0 Å². The molecule has 0 unspecified atom stereocenters. The van der Waals surface area contributed by atoms with E-state index in [1.165, 1.54) is 0 Å². The Morgan fingerprint density at radius 2 is 2.17 bits per heavy atom. The Kier molecular flexibility index (Phi) is 4.25. The van der Waals surface area contributed by atoms with Gasteiger partial charge in [-0.15, -0.1) is 0 Å². The number of ether oxygens (including phenoxy) is 1. The Labute approximate surface area is 140 Å². The highest BCUT2D eigenvalue weighted by molar-refractivity contribution is 7.80. The van der Waals surface area contributed by atoms with Gasteiger partial charge >= 0.3 is 0 Å². The van der Waals surface area contributed by atoms with Crippen molar-refractivity contribution in [1.82, 2.24) is 14.5 Å². The number of aryl methyl sites for hydroxylation is 2. The molecular weight excluding hydrogens is 308 g/mol. The number of aromatic nitrogens is 3. The monoisotopic (exact) mass is 326 g/mol. The molecule has 0 aliphatic carbocycles. The number of hydrogen-bond donors (Lipinski definition) is 1. The van der Waals surface area contributed by atoms with Crippen LogP contribution in [-0.4, -0.2) is 26.6 Å². The van der Waals surface area contributed by atoms with E-state index in [9.17, 15) is 0 Å². The summed E-state index contributed by atoms with van der Waals surface area (Å²) >= 11 is 5.51. The third kappa shape index (κ3) is 3.03. The molecular formula is C17H18N4OS. The molecule has 0 fully saturated rings. The van der Waals surface area contributed by atoms with E-state index in [4.69, 9.17) is 17.0 Å². The number of nitrogens with one attached hydrogen (secondary N) is 1. The predicted molar refractivity (Wildman–Crippen MR) is 96.2 cm³/mol. The van der Waals surface area contributed by atoms with Gasteiger partial charge in [0.05, 0.1) is 28.8 Å². The number of para-hydroxylation sites is 1. The summed E-state index contributed by atoms with van der Waals surface area (Å²) in [5, 5.41) is 3.33. The highest BCUT2D eigenvalue weighted by Crippen LogP contribution is 2.24. The molecule has 0 aliphatic heterocycles. The van der Waals surface area contributed by atoms with Crippen molar-refractivity contribution in [2.75, 3.05) is 12.4 Å². The molecule has 3 aromatic rings. The first-order chi connectivity index (χ1) is 11.1. The minimum Gasteiger partial charge on any atom is -0.496 e. The quantitative estimate of drug-likeness (QED) is 0.746. The van der Waals surface area contributed by atoms with Crippen molar-refractivity contribution in [2.24, 2.45) is 7.05 Å². The van der Waals surface area contributed by atoms with Gasteiger partial charge in [0, 0.05) is 31.4 Å². The van der Waals surface area contributed by atoms with E-state index < -0.39 is 0 Å². The Morgan fingerprint density at radius 1 is 1.35 bits per heavy atom. The molecule has 2 aromatic heterocycles. The highest BCUT2D eigenvalue weighted by atomic mass is 32.1. The number of hydrogen-bond acceptors (Lipinski definition) is 4. The third-order valence-corrected chi connectivity index (χ3v) is 4.07. The van der Waals surface area contributed by atoms with Crippen LogP contribution in [0, 0.1) is 6.92 Å². The molecule has 0 amide bonds. The second-order valence-electron chi connectivity index (χ2n) is 5.30. The van der Waals surface area contributed by atoms with E-state index in [0.717, 1.165) is 33.9 Å². The highest BCUT2D eigenvalue weighted by Gasteiger charge is 2.11. The van der Waals surface area contributed by atoms with Crippen LogP contribution in [0.4, 0.5) is 5.69 Å². The summed E-state index contributed by atoms with van der Waals surface area (Å²) in [7, 11) is 3.65. The predicted octanol–water partition coefficient (Wildman–Crippen LogP) is 3.27. The van der Waals surface area contributed by atoms with Crippen molar-refractivity contribution in [3.63, 3.8) is 0 Å². The topological polar surface area (TPSA) is 52.0 Å². The van der Waals surface area contributed by atoms with Gasteiger partial charge < -0.3 is 14.6 Å². The normalized spacial score (nSPS) is 10.7. The van der Waals surface area contributed by atoms with Gasteiger partial charge in [0.2, 0.25) is 0 Å². The lowest BCUT2D eigenvalue weighted by Gasteiger charge is -2.12. The number of anilines is 1. The van der Waals surface area contributed by atoms with Crippen molar-refractivity contribution in [2.45, 2.75) is 13.3 Å². The smallest absolute Gasteiger partial charge is 0.125 e. The van der Waals surface area contributed by atoms with Crippen LogP contribution in [0.15, 0.2) is 36.7 Å². The van der Waals surface area contributed by atoms with Crippen molar-refractivity contribution in [3.8, 4) is 5.75 Å². The van der Waals surface area contributed by atoms with Crippen LogP contribution in [0.2, 0.25) is 0 Å². The molecule has 0 atom stereocenters. The number of imidazole rings is 1. The van der Waals surface area contributed by atoms with Crippen LogP contribution >= 0.6 is 12.2 Å². The first kappa shape index (κ1) is 15.4. The van der Waals surface area contributed by atoms with Gasteiger partial charge in [0.15, 0.2) is 0 Å². The summed E-state index contributed by atoms with van der Waals surface area (Å²) in [4.78, 5) is 9.39. The molecule has 0 spiro atoms. The number of methoxy groups -OCH3 is 1. The maximum absolute atomic E-state index is 5.51. The molecule has 0 saturated heterocycles. The van der Waals surface area contributed by atoms with Crippen LogP contribution in [-0.2, 0) is 13.5 Å². The van der Waals surface area contributed by atoms with E-state index in [-0.39, 0.29) is 0 Å². The van der Waals surface area contributed by atoms with Gasteiger partial charge in [-0.25, -0.2) is 4.98 Å². The average molecular weight is 326 g/mol. The Bertz CT molecular complexity index is 872. The standard InChI is InChI=1S/C17H18N4OS/c1-11-19-13-5-4-6-14(17(13)21(11)2)20-16(23)9-12-10-18-8-7-15(12)22-3/h4-8,10H,9H2,1-3H3,(H,20,23). The van der Waals surface area contributed by atoms with Crippen LogP contribution < -0.4 is 10.1 Å². The molecule has 0 radical (unpaired) electrons. The van der Waals surface area contributed by atoms with Gasteiger partial charge in [-0.1, -0.05) is 18.3 Å². The summed E-state index contributed by atoms with van der Waals surface area (Å²) in [6.07, 6.45) is 4.05. The van der Waals surface area contributed by atoms with Crippen LogP contribution in [0.3, 0.4) is 0 Å². The Hall–Kier alpha value is -2.47. The lowest BCUT2D eigenvalue weighted by Crippen LogP contribution is -2.13. The fraction of sp³-hybridized carbons (Fsp3) is 0.235. The zero-order valence-electron chi connectivity index (χ0n) is 13.3. The molecule has 0 bridgehead atoms. The van der Waals surface area contributed by atoms with Gasteiger partial charge in [-0.3, -0.25) is 4.98 Å². The van der Waals surface area contributed by atoms with E-state index in [1.807, 2.05) is 38.2 Å². The van der Waals surface area contributed by atoms with E-state index in [1.54, 1.807) is 19.5 Å². The van der Waals surface area contributed by atoms with Gasteiger partial charge in [0.1, 0.15) is 11.6 Å². The lowest BCUT2D eigenvalue weighted by atomic mass is 10.2. The first-order valence-corrected chi connectivity index (χ1v) is 7.69. The van der Waals surface area contributed by atoms with Crippen molar-refractivity contribution in [3.05, 3.63) is 48.0 Å². The molecule has 1 N–H and O–H groups in total. The molecule has 1 aromatic carbocycles. The SMILES string of the molecule is COc1ccncc1CC(=S)Nc1cccc2nc(C)n(C)c12. The summed E-state index contributed by atoms with van der Waals surface area (Å²) in [6.45, 7) is 1.99. The number of fused-ring (bicyclic) bond motifs is 1. The second-order valence-corrected chi connectivity index (χ2v) is 5.80. The maximum Gasteiger partial charge on any atom is 0.125 e. The zero-order valence-corrected chi connectivity index (χ0v) is 14.1. The Morgan fingerprint density at radius 3 is 2.96 bits per heavy atom. The number of rotatable bonds is 4. The zero-order chi connectivity index (χ0) is 16.4. The molecule has 118 valence electrons.